The Balaban J connectivity index is 2.11. The minimum atomic E-state index is -0.0692. The maximum atomic E-state index is 11.6. The van der Waals surface area contributed by atoms with Crippen LogP contribution in [0, 0.1) is 5.92 Å². The number of para-hydroxylation sites is 1. The number of nitrogens with one attached hydrogen (secondary N) is 1. The first-order valence-electron chi connectivity index (χ1n) is 6.69. The molecule has 1 saturated heterocycles. The van der Waals surface area contributed by atoms with Gasteiger partial charge in [-0.1, -0.05) is 6.07 Å². The molecular formula is C15H19NO4. The summed E-state index contributed by atoms with van der Waals surface area (Å²) in [6.07, 6.45) is 1.35. The third-order valence-corrected chi connectivity index (χ3v) is 3.39. The second-order valence-corrected chi connectivity index (χ2v) is 4.91. The maximum absolute atomic E-state index is 11.6. The summed E-state index contributed by atoms with van der Waals surface area (Å²) in [6.45, 7) is 2.59. The number of benzene rings is 1. The van der Waals surface area contributed by atoms with Gasteiger partial charge < -0.3 is 14.8 Å². The molecule has 0 saturated carbocycles. The van der Waals surface area contributed by atoms with E-state index in [2.05, 4.69) is 5.32 Å². The van der Waals surface area contributed by atoms with Gasteiger partial charge in [-0.25, -0.2) is 0 Å². The summed E-state index contributed by atoms with van der Waals surface area (Å²) in [5.74, 6) is 1.16. The lowest BCUT2D eigenvalue weighted by molar-refractivity contribution is -0.123. The minimum Gasteiger partial charge on any atom is -0.493 e. The summed E-state index contributed by atoms with van der Waals surface area (Å²) in [4.78, 5) is 23.0. The summed E-state index contributed by atoms with van der Waals surface area (Å²) in [5.41, 5.74) is 0.504. The summed E-state index contributed by atoms with van der Waals surface area (Å²) in [6, 6.07) is 5.24. The van der Waals surface area contributed by atoms with Crippen molar-refractivity contribution in [1.82, 2.24) is 5.32 Å². The number of hydrogen-bond donors (Lipinski definition) is 1. The molecule has 1 atom stereocenters. The van der Waals surface area contributed by atoms with Gasteiger partial charge in [0.1, 0.15) is 0 Å². The SMILES string of the molecule is COc1cccc(C(C)=O)c1OCC1CCNC(=O)C1. The fraction of sp³-hybridized carbons (Fsp3) is 0.467. The van der Waals surface area contributed by atoms with E-state index in [9.17, 15) is 9.59 Å². The van der Waals surface area contributed by atoms with Crippen molar-refractivity contribution in [2.45, 2.75) is 19.8 Å². The Bertz CT molecular complexity index is 513. The van der Waals surface area contributed by atoms with Gasteiger partial charge in [-0.15, -0.1) is 0 Å². The molecule has 0 spiro atoms. The Morgan fingerprint density at radius 3 is 2.90 bits per heavy atom. The lowest BCUT2D eigenvalue weighted by Crippen LogP contribution is -2.35. The molecule has 0 aliphatic carbocycles. The molecule has 0 radical (unpaired) electrons. The summed E-state index contributed by atoms with van der Waals surface area (Å²) < 4.78 is 11.0. The molecule has 1 amide bonds. The van der Waals surface area contributed by atoms with Crippen molar-refractivity contribution in [2.75, 3.05) is 20.3 Å². The van der Waals surface area contributed by atoms with E-state index in [1.54, 1.807) is 25.3 Å². The van der Waals surface area contributed by atoms with Crippen LogP contribution in [0.15, 0.2) is 18.2 Å². The Morgan fingerprint density at radius 1 is 1.45 bits per heavy atom. The van der Waals surface area contributed by atoms with Crippen molar-refractivity contribution in [2.24, 2.45) is 5.92 Å². The van der Waals surface area contributed by atoms with E-state index in [-0.39, 0.29) is 17.6 Å². The van der Waals surface area contributed by atoms with Gasteiger partial charge in [0.05, 0.1) is 19.3 Å². The van der Waals surface area contributed by atoms with Crippen LogP contribution in [0.2, 0.25) is 0 Å². The standard InChI is InChI=1S/C15H19NO4/c1-10(17)12-4-3-5-13(19-2)15(12)20-9-11-6-7-16-14(18)8-11/h3-5,11H,6-9H2,1-2H3,(H,16,18). The third-order valence-electron chi connectivity index (χ3n) is 3.39. The molecule has 1 aromatic rings. The minimum absolute atomic E-state index is 0.0525. The molecular weight excluding hydrogens is 258 g/mol. The molecule has 5 nitrogen and oxygen atoms in total. The molecule has 0 bridgehead atoms. The number of piperidine rings is 1. The highest BCUT2D eigenvalue weighted by Crippen LogP contribution is 2.32. The molecule has 5 heteroatoms. The fourth-order valence-corrected chi connectivity index (χ4v) is 2.30. The van der Waals surface area contributed by atoms with E-state index in [1.807, 2.05) is 0 Å². The summed E-state index contributed by atoms with van der Waals surface area (Å²) >= 11 is 0. The summed E-state index contributed by atoms with van der Waals surface area (Å²) in [5, 5.41) is 2.79. The number of methoxy groups -OCH3 is 1. The Morgan fingerprint density at radius 2 is 2.25 bits per heavy atom. The van der Waals surface area contributed by atoms with Crippen molar-refractivity contribution in [3.63, 3.8) is 0 Å². The Labute approximate surface area is 118 Å². The summed E-state index contributed by atoms with van der Waals surface area (Å²) in [7, 11) is 1.54. The van der Waals surface area contributed by atoms with Crippen LogP contribution in [0.1, 0.15) is 30.1 Å². The highest BCUT2D eigenvalue weighted by Gasteiger charge is 2.21. The average molecular weight is 277 g/mol. The van der Waals surface area contributed by atoms with Gasteiger partial charge in [0, 0.05) is 18.9 Å². The molecule has 108 valence electrons. The molecule has 1 aliphatic heterocycles. The van der Waals surface area contributed by atoms with Gasteiger partial charge >= 0.3 is 0 Å². The zero-order valence-corrected chi connectivity index (χ0v) is 11.8. The van der Waals surface area contributed by atoms with E-state index in [0.29, 0.717) is 36.6 Å². The van der Waals surface area contributed by atoms with Crippen LogP contribution < -0.4 is 14.8 Å². The topological polar surface area (TPSA) is 64.6 Å². The van der Waals surface area contributed by atoms with Gasteiger partial charge in [-0.3, -0.25) is 9.59 Å². The van der Waals surface area contributed by atoms with Crippen molar-refractivity contribution < 1.29 is 19.1 Å². The van der Waals surface area contributed by atoms with Crippen molar-refractivity contribution in [3.8, 4) is 11.5 Å². The molecule has 1 N–H and O–H groups in total. The maximum Gasteiger partial charge on any atom is 0.220 e. The van der Waals surface area contributed by atoms with E-state index >= 15 is 0 Å². The van der Waals surface area contributed by atoms with Crippen LogP contribution in [-0.4, -0.2) is 32.0 Å². The van der Waals surface area contributed by atoms with Crippen LogP contribution in [0.3, 0.4) is 0 Å². The number of hydrogen-bond acceptors (Lipinski definition) is 4. The van der Waals surface area contributed by atoms with Crippen molar-refractivity contribution in [3.05, 3.63) is 23.8 Å². The van der Waals surface area contributed by atoms with Crippen LogP contribution in [0.4, 0.5) is 0 Å². The zero-order valence-electron chi connectivity index (χ0n) is 11.8. The predicted molar refractivity (Wildman–Crippen MR) is 74.2 cm³/mol. The molecule has 2 rings (SSSR count). The van der Waals surface area contributed by atoms with Crippen molar-refractivity contribution in [1.29, 1.82) is 0 Å². The van der Waals surface area contributed by atoms with E-state index in [4.69, 9.17) is 9.47 Å². The number of amides is 1. The van der Waals surface area contributed by atoms with Gasteiger partial charge in [-0.05, 0) is 25.5 Å². The van der Waals surface area contributed by atoms with E-state index < -0.39 is 0 Å². The first-order chi connectivity index (χ1) is 9.61. The molecule has 20 heavy (non-hydrogen) atoms. The van der Waals surface area contributed by atoms with Crippen molar-refractivity contribution >= 4 is 11.7 Å². The second kappa shape index (κ2) is 6.41. The normalized spacial score (nSPS) is 18.3. The smallest absolute Gasteiger partial charge is 0.220 e. The Hall–Kier alpha value is -2.04. The fourth-order valence-electron chi connectivity index (χ4n) is 2.30. The van der Waals surface area contributed by atoms with E-state index in [1.165, 1.54) is 6.92 Å². The van der Waals surface area contributed by atoms with Gasteiger partial charge in [-0.2, -0.15) is 0 Å². The number of carbonyl (C=O) groups is 2. The molecule has 1 unspecified atom stereocenters. The average Bonchev–Trinajstić information content (AvgIpc) is 2.44. The third kappa shape index (κ3) is 3.29. The molecule has 0 aromatic heterocycles. The molecule has 1 aliphatic rings. The quantitative estimate of drug-likeness (QED) is 0.834. The lowest BCUT2D eigenvalue weighted by Gasteiger charge is -2.23. The predicted octanol–water partition coefficient (Wildman–Crippen LogP) is 1.80. The van der Waals surface area contributed by atoms with Crippen LogP contribution in [-0.2, 0) is 4.79 Å². The first-order valence-corrected chi connectivity index (χ1v) is 6.69. The molecule has 1 fully saturated rings. The monoisotopic (exact) mass is 277 g/mol. The number of carbonyl (C=O) groups excluding carboxylic acids is 2. The van der Waals surface area contributed by atoms with E-state index in [0.717, 1.165) is 6.42 Å². The number of rotatable bonds is 5. The lowest BCUT2D eigenvalue weighted by atomic mass is 9.98. The number of ether oxygens (including phenoxy) is 2. The van der Waals surface area contributed by atoms with Gasteiger partial charge in [0.15, 0.2) is 17.3 Å². The number of ketones is 1. The first kappa shape index (κ1) is 14.4. The highest BCUT2D eigenvalue weighted by molar-refractivity contribution is 5.97. The van der Waals surface area contributed by atoms with Gasteiger partial charge in [0.25, 0.3) is 0 Å². The van der Waals surface area contributed by atoms with Crippen LogP contribution >= 0.6 is 0 Å². The Kier molecular flexibility index (Phi) is 4.61. The van der Waals surface area contributed by atoms with Gasteiger partial charge in [0.2, 0.25) is 5.91 Å². The van der Waals surface area contributed by atoms with Crippen LogP contribution in [0.5, 0.6) is 11.5 Å². The number of Topliss-reactive ketones (excluding diaryl/α,β-unsaturated/α-hetero) is 1. The zero-order chi connectivity index (χ0) is 14.5. The highest BCUT2D eigenvalue weighted by atomic mass is 16.5. The second-order valence-electron chi connectivity index (χ2n) is 4.91. The van der Waals surface area contributed by atoms with Crippen LogP contribution in [0.25, 0.3) is 0 Å². The largest absolute Gasteiger partial charge is 0.493 e. The molecule has 1 heterocycles. The molecule has 1 aromatic carbocycles.